The molecule has 2 fully saturated rings. The fourth-order valence-corrected chi connectivity index (χ4v) is 4.62. The molecule has 1 aromatic rings. The first kappa shape index (κ1) is 13.1. The van der Waals surface area contributed by atoms with E-state index in [9.17, 15) is 20.1 Å². The van der Waals surface area contributed by atoms with E-state index in [1.807, 2.05) is 6.92 Å². The number of ketones is 1. The summed E-state index contributed by atoms with van der Waals surface area (Å²) in [4.78, 5) is 12.5. The molecule has 0 unspecified atom stereocenters. The molecule has 3 aliphatic rings. The van der Waals surface area contributed by atoms with Crippen LogP contribution < -0.4 is 0 Å². The van der Waals surface area contributed by atoms with E-state index in [4.69, 9.17) is 4.74 Å². The Balaban J connectivity index is 1.98. The predicted molar refractivity (Wildman–Crippen MR) is 73.0 cm³/mol. The lowest BCUT2D eigenvalue weighted by atomic mass is 9.53. The van der Waals surface area contributed by atoms with E-state index in [2.05, 4.69) is 0 Å². The minimum atomic E-state index is -1.02. The molecule has 0 spiro atoms. The number of ether oxygens (including phenoxy) is 1. The van der Waals surface area contributed by atoms with Gasteiger partial charge in [-0.1, -0.05) is 6.92 Å². The van der Waals surface area contributed by atoms with E-state index in [-0.39, 0.29) is 29.8 Å². The van der Waals surface area contributed by atoms with E-state index in [0.717, 1.165) is 0 Å². The number of rotatable bonds is 0. The summed E-state index contributed by atoms with van der Waals surface area (Å²) < 4.78 is 5.78. The predicted octanol–water partition coefficient (Wildman–Crippen LogP) is 1.44. The van der Waals surface area contributed by atoms with Crippen LogP contribution >= 0.6 is 0 Å². The highest BCUT2D eigenvalue weighted by Crippen LogP contribution is 2.62. The molecule has 21 heavy (non-hydrogen) atoms. The van der Waals surface area contributed by atoms with Crippen LogP contribution in [0.3, 0.4) is 0 Å². The van der Waals surface area contributed by atoms with Crippen molar-refractivity contribution in [1.82, 2.24) is 0 Å². The van der Waals surface area contributed by atoms with Crippen molar-refractivity contribution in [3.8, 4) is 11.5 Å². The smallest absolute Gasteiger partial charge is 0.139 e. The summed E-state index contributed by atoms with van der Waals surface area (Å²) in [6.07, 6.45) is 0.514. The molecule has 2 aliphatic carbocycles. The summed E-state index contributed by atoms with van der Waals surface area (Å²) in [7, 11) is 0. The van der Waals surface area contributed by atoms with Crippen molar-refractivity contribution in [3.05, 3.63) is 23.3 Å². The first-order valence-electron chi connectivity index (χ1n) is 7.28. The quantitative estimate of drug-likeness (QED) is 0.629. The van der Waals surface area contributed by atoms with Gasteiger partial charge >= 0.3 is 0 Å². The fourth-order valence-electron chi connectivity index (χ4n) is 4.62. The normalized spacial score (nSPS) is 40.8. The van der Waals surface area contributed by atoms with Gasteiger partial charge in [-0.25, -0.2) is 0 Å². The zero-order chi connectivity index (χ0) is 15.0. The summed E-state index contributed by atoms with van der Waals surface area (Å²) in [5, 5.41) is 31.2. The summed E-state index contributed by atoms with van der Waals surface area (Å²) >= 11 is 0. The van der Waals surface area contributed by atoms with Crippen molar-refractivity contribution in [1.29, 1.82) is 0 Å². The molecule has 5 heteroatoms. The van der Waals surface area contributed by atoms with Gasteiger partial charge in [0.15, 0.2) is 0 Å². The zero-order valence-electron chi connectivity index (χ0n) is 11.8. The van der Waals surface area contributed by atoms with Crippen LogP contribution in [-0.2, 0) is 16.0 Å². The molecule has 1 heterocycles. The molecule has 0 bridgehead atoms. The Labute approximate surface area is 122 Å². The summed E-state index contributed by atoms with van der Waals surface area (Å²) in [6, 6.07) is 2.87. The van der Waals surface area contributed by atoms with E-state index in [1.165, 1.54) is 12.1 Å². The Hall–Kier alpha value is -1.59. The van der Waals surface area contributed by atoms with Crippen LogP contribution in [-0.4, -0.2) is 33.3 Å². The lowest BCUT2D eigenvalue weighted by Crippen LogP contribution is -2.56. The highest BCUT2D eigenvalue weighted by atomic mass is 16.5. The maximum Gasteiger partial charge on any atom is 0.139 e. The SMILES string of the molecule is C[C@@]12Cc3c(O)ccc(O)c3[C@H]3OC[C@@](O)(CCC1=O)[C@H]32. The summed E-state index contributed by atoms with van der Waals surface area (Å²) in [5.41, 5.74) is -0.684. The first-order valence-corrected chi connectivity index (χ1v) is 7.28. The maximum absolute atomic E-state index is 12.5. The molecule has 4 rings (SSSR count). The number of hydrogen-bond donors (Lipinski definition) is 3. The van der Waals surface area contributed by atoms with Crippen molar-refractivity contribution >= 4 is 5.78 Å². The molecule has 5 nitrogen and oxygen atoms in total. The Morgan fingerprint density at radius 1 is 1.29 bits per heavy atom. The van der Waals surface area contributed by atoms with E-state index in [1.54, 1.807) is 0 Å². The van der Waals surface area contributed by atoms with E-state index >= 15 is 0 Å². The standard InChI is InChI=1S/C16H18O5/c1-15-6-8-9(17)2-3-10(18)12(8)13-14(15)16(20,7-21-13)5-4-11(15)19/h2-3,13-14,17-18,20H,4-7H2,1H3/t13-,14-,15-,16+/m1/s1. The van der Waals surface area contributed by atoms with Crippen LogP contribution in [0.15, 0.2) is 12.1 Å². The van der Waals surface area contributed by atoms with Crippen LogP contribution in [0.4, 0.5) is 0 Å². The van der Waals surface area contributed by atoms with Crippen molar-refractivity contribution in [2.75, 3.05) is 6.61 Å². The third-order valence-corrected chi connectivity index (χ3v) is 5.64. The molecule has 1 aliphatic heterocycles. The Morgan fingerprint density at radius 3 is 2.76 bits per heavy atom. The van der Waals surface area contributed by atoms with Crippen molar-refractivity contribution in [3.63, 3.8) is 0 Å². The minimum Gasteiger partial charge on any atom is -0.508 e. The molecule has 1 saturated heterocycles. The number of aromatic hydroxyl groups is 2. The minimum absolute atomic E-state index is 0.0529. The van der Waals surface area contributed by atoms with E-state index < -0.39 is 17.1 Å². The lowest BCUT2D eigenvalue weighted by molar-refractivity contribution is -0.150. The van der Waals surface area contributed by atoms with Gasteiger partial charge in [0.2, 0.25) is 0 Å². The number of hydrogen-bond acceptors (Lipinski definition) is 5. The van der Waals surface area contributed by atoms with Gasteiger partial charge in [0.25, 0.3) is 0 Å². The van der Waals surface area contributed by atoms with Gasteiger partial charge in [0, 0.05) is 28.9 Å². The highest BCUT2D eigenvalue weighted by molar-refractivity contribution is 5.87. The molecular weight excluding hydrogens is 272 g/mol. The highest BCUT2D eigenvalue weighted by Gasteiger charge is 2.65. The second-order valence-electron chi connectivity index (χ2n) is 6.83. The molecule has 4 atom stereocenters. The third kappa shape index (κ3) is 1.45. The second kappa shape index (κ2) is 3.78. The number of phenolic OH excluding ortho intramolecular Hbond substituents is 2. The molecule has 1 saturated carbocycles. The van der Waals surface area contributed by atoms with Crippen LogP contribution in [0.5, 0.6) is 11.5 Å². The number of benzene rings is 1. The van der Waals surface area contributed by atoms with Gasteiger partial charge < -0.3 is 20.1 Å². The van der Waals surface area contributed by atoms with Crippen LogP contribution in [0, 0.1) is 11.3 Å². The largest absolute Gasteiger partial charge is 0.508 e. The summed E-state index contributed by atoms with van der Waals surface area (Å²) in [6.45, 7) is 2.01. The number of phenols is 2. The molecular formula is C16H18O5. The van der Waals surface area contributed by atoms with Crippen LogP contribution in [0.2, 0.25) is 0 Å². The van der Waals surface area contributed by atoms with Crippen molar-refractivity contribution in [2.24, 2.45) is 11.3 Å². The van der Waals surface area contributed by atoms with Gasteiger partial charge in [-0.15, -0.1) is 0 Å². The molecule has 3 N–H and O–H groups in total. The number of aliphatic hydroxyl groups is 1. The number of carbonyl (C=O) groups is 1. The lowest BCUT2D eigenvalue weighted by Gasteiger charge is -2.50. The van der Waals surface area contributed by atoms with Crippen LogP contribution in [0.1, 0.15) is 37.0 Å². The number of Topliss-reactive ketones (excluding diaryl/α,β-unsaturated/α-hetero) is 1. The Bertz CT molecular complexity index is 654. The topological polar surface area (TPSA) is 87.0 Å². The average molecular weight is 290 g/mol. The summed E-state index contributed by atoms with van der Waals surface area (Å²) in [5.74, 6) is -0.149. The molecule has 112 valence electrons. The van der Waals surface area contributed by atoms with Crippen LogP contribution in [0.25, 0.3) is 0 Å². The first-order chi connectivity index (χ1) is 9.87. The molecule has 1 aromatic carbocycles. The van der Waals surface area contributed by atoms with Crippen molar-refractivity contribution in [2.45, 2.75) is 37.9 Å². The van der Waals surface area contributed by atoms with Gasteiger partial charge in [0.1, 0.15) is 17.3 Å². The molecule has 0 radical (unpaired) electrons. The Morgan fingerprint density at radius 2 is 2.00 bits per heavy atom. The molecule has 0 aromatic heterocycles. The number of carbonyl (C=O) groups excluding carboxylic acids is 1. The maximum atomic E-state index is 12.5. The zero-order valence-corrected chi connectivity index (χ0v) is 11.8. The van der Waals surface area contributed by atoms with Gasteiger partial charge in [-0.2, -0.15) is 0 Å². The monoisotopic (exact) mass is 290 g/mol. The average Bonchev–Trinajstić information content (AvgIpc) is 2.79. The van der Waals surface area contributed by atoms with E-state index in [0.29, 0.717) is 30.4 Å². The fraction of sp³-hybridized carbons (Fsp3) is 0.562. The van der Waals surface area contributed by atoms with Gasteiger partial charge in [-0.3, -0.25) is 4.79 Å². The Kier molecular flexibility index (Phi) is 2.36. The number of fused-ring (bicyclic) bond motifs is 2. The third-order valence-electron chi connectivity index (χ3n) is 5.64. The molecule has 0 amide bonds. The van der Waals surface area contributed by atoms with Gasteiger partial charge in [-0.05, 0) is 25.0 Å². The van der Waals surface area contributed by atoms with Crippen molar-refractivity contribution < 1.29 is 24.9 Å². The van der Waals surface area contributed by atoms with Gasteiger partial charge in [0.05, 0.1) is 18.3 Å². The second-order valence-corrected chi connectivity index (χ2v) is 6.83.